The predicted octanol–water partition coefficient (Wildman–Crippen LogP) is 1.58. The molecule has 0 bridgehead atoms. The summed E-state index contributed by atoms with van der Waals surface area (Å²) in [6.45, 7) is 2.92. The first kappa shape index (κ1) is 13.5. The van der Waals surface area contributed by atoms with E-state index in [1.807, 2.05) is 36.7 Å². The van der Waals surface area contributed by atoms with Crippen LogP contribution in [0, 0.1) is 6.92 Å². The van der Waals surface area contributed by atoms with Gasteiger partial charge in [-0.05, 0) is 44.6 Å². The van der Waals surface area contributed by atoms with Crippen molar-refractivity contribution in [3.63, 3.8) is 0 Å². The Hall–Kier alpha value is -1.88. The lowest BCUT2D eigenvalue weighted by Gasteiger charge is -2.02. The number of carbonyl (C=O) groups excluding carboxylic acids is 1. The molecule has 1 N–H and O–H groups in total. The lowest BCUT2D eigenvalue weighted by molar-refractivity contribution is 0.0597. The van der Waals surface area contributed by atoms with E-state index in [9.17, 15) is 4.79 Å². The lowest BCUT2D eigenvalue weighted by Crippen LogP contribution is -2.09. The van der Waals surface area contributed by atoms with E-state index >= 15 is 0 Å². The van der Waals surface area contributed by atoms with Crippen LogP contribution in [0.15, 0.2) is 18.3 Å². The monoisotopic (exact) mass is 261 g/mol. The van der Waals surface area contributed by atoms with Crippen LogP contribution in [0.25, 0.3) is 5.52 Å². The number of hydrogen-bond donors (Lipinski definition) is 1. The Bertz CT molecular complexity index is 590. The lowest BCUT2D eigenvalue weighted by atomic mass is 10.2. The SMILES string of the molecule is CNCCCc1nc(C(=O)OC)c2cc(C)ccn12. The molecule has 5 nitrogen and oxygen atoms in total. The van der Waals surface area contributed by atoms with Crippen molar-refractivity contribution in [2.45, 2.75) is 19.8 Å². The topological polar surface area (TPSA) is 55.6 Å². The third kappa shape index (κ3) is 2.76. The minimum atomic E-state index is -0.386. The van der Waals surface area contributed by atoms with Gasteiger partial charge in [0, 0.05) is 12.6 Å². The Morgan fingerprint density at radius 1 is 1.53 bits per heavy atom. The third-order valence-corrected chi connectivity index (χ3v) is 3.08. The van der Waals surface area contributed by atoms with Gasteiger partial charge in [0.15, 0.2) is 5.69 Å². The van der Waals surface area contributed by atoms with Gasteiger partial charge in [0.05, 0.1) is 12.6 Å². The molecule has 5 heteroatoms. The molecule has 0 saturated carbocycles. The van der Waals surface area contributed by atoms with Crippen molar-refractivity contribution < 1.29 is 9.53 Å². The zero-order chi connectivity index (χ0) is 13.8. The highest BCUT2D eigenvalue weighted by molar-refractivity contribution is 5.95. The fourth-order valence-electron chi connectivity index (χ4n) is 2.10. The van der Waals surface area contributed by atoms with Crippen molar-refractivity contribution in [2.24, 2.45) is 0 Å². The van der Waals surface area contributed by atoms with Gasteiger partial charge in [0.1, 0.15) is 5.82 Å². The maximum atomic E-state index is 11.8. The fraction of sp³-hybridized carbons (Fsp3) is 0.429. The first-order valence-corrected chi connectivity index (χ1v) is 6.38. The van der Waals surface area contributed by atoms with Crippen molar-refractivity contribution in [2.75, 3.05) is 20.7 Å². The molecule has 0 aliphatic rings. The second-order valence-corrected chi connectivity index (χ2v) is 4.53. The number of methoxy groups -OCH3 is 1. The molecule has 2 aromatic heterocycles. The molecule has 0 spiro atoms. The summed E-state index contributed by atoms with van der Waals surface area (Å²) in [4.78, 5) is 16.2. The summed E-state index contributed by atoms with van der Waals surface area (Å²) in [5, 5.41) is 3.11. The summed E-state index contributed by atoms with van der Waals surface area (Å²) >= 11 is 0. The predicted molar refractivity (Wildman–Crippen MR) is 73.5 cm³/mol. The molecule has 0 amide bonds. The quantitative estimate of drug-likeness (QED) is 0.656. The van der Waals surface area contributed by atoms with E-state index < -0.39 is 0 Å². The van der Waals surface area contributed by atoms with Gasteiger partial charge in [-0.1, -0.05) is 0 Å². The van der Waals surface area contributed by atoms with E-state index in [1.165, 1.54) is 7.11 Å². The van der Waals surface area contributed by atoms with Crippen LogP contribution in [0.3, 0.4) is 0 Å². The molecule has 19 heavy (non-hydrogen) atoms. The molecular formula is C14H19N3O2. The summed E-state index contributed by atoms with van der Waals surface area (Å²) < 4.78 is 6.76. The maximum absolute atomic E-state index is 11.8. The number of aryl methyl sites for hydroxylation is 2. The van der Waals surface area contributed by atoms with E-state index in [-0.39, 0.29) is 5.97 Å². The van der Waals surface area contributed by atoms with Crippen molar-refractivity contribution >= 4 is 11.5 Å². The van der Waals surface area contributed by atoms with Crippen molar-refractivity contribution in [1.29, 1.82) is 0 Å². The van der Waals surface area contributed by atoms with Gasteiger partial charge in [0.2, 0.25) is 0 Å². The zero-order valence-electron chi connectivity index (χ0n) is 11.6. The average Bonchev–Trinajstić information content (AvgIpc) is 2.76. The van der Waals surface area contributed by atoms with Crippen LogP contribution in [0.2, 0.25) is 0 Å². The average molecular weight is 261 g/mol. The molecule has 2 heterocycles. The van der Waals surface area contributed by atoms with Gasteiger partial charge in [0.25, 0.3) is 0 Å². The minimum Gasteiger partial charge on any atom is -0.464 e. The molecule has 2 rings (SSSR count). The first-order valence-electron chi connectivity index (χ1n) is 6.38. The molecule has 0 saturated heterocycles. The highest BCUT2D eigenvalue weighted by atomic mass is 16.5. The molecule has 0 aliphatic carbocycles. The van der Waals surface area contributed by atoms with Gasteiger partial charge in [-0.25, -0.2) is 9.78 Å². The van der Waals surface area contributed by atoms with Crippen molar-refractivity contribution in [3.8, 4) is 0 Å². The van der Waals surface area contributed by atoms with E-state index in [0.29, 0.717) is 5.69 Å². The number of rotatable bonds is 5. The van der Waals surface area contributed by atoms with Gasteiger partial charge in [-0.15, -0.1) is 0 Å². The Morgan fingerprint density at radius 3 is 3.00 bits per heavy atom. The second kappa shape index (κ2) is 5.84. The Balaban J connectivity index is 2.44. The number of imidazole rings is 1. The molecular weight excluding hydrogens is 242 g/mol. The van der Waals surface area contributed by atoms with E-state index in [4.69, 9.17) is 4.74 Å². The first-order chi connectivity index (χ1) is 9.17. The van der Waals surface area contributed by atoms with E-state index in [1.54, 1.807) is 0 Å². The number of ether oxygens (including phenoxy) is 1. The third-order valence-electron chi connectivity index (χ3n) is 3.08. The second-order valence-electron chi connectivity index (χ2n) is 4.53. The Kier molecular flexibility index (Phi) is 4.16. The molecule has 2 aromatic rings. The summed E-state index contributed by atoms with van der Waals surface area (Å²) in [6, 6.07) is 3.97. The number of fused-ring (bicyclic) bond motifs is 1. The number of nitrogens with one attached hydrogen (secondary N) is 1. The van der Waals surface area contributed by atoms with Crippen LogP contribution in [0.1, 0.15) is 28.3 Å². The number of esters is 1. The number of carbonyl (C=O) groups is 1. The zero-order valence-corrected chi connectivity index (χ0v) is 11.6. The van der Waals surface area contributed by atoms with E-state index in [0.717, 1.165) is 36.3 Å². The van der Waals surface area contributed by atoms with Crippen molar-refractivity contribution in [3.05, 3.63) is 35.4 Å². The summed E-state index contributed by atoms with van der Waals surface area (Å²) in [5.74, 6) is 0.508. The smallest absolute Gasteiger partial charge is 0.358 e. The molecule has 0 aliphatic heterocycles. The number of aromatic nitrogens is 2. The van der Waals surface area contributed by atoms with Crippen LogP contribution in [0.5, 0.6) is 0 Å². The summed E-state index contributed by atoms with van der Waals surface area (Å²) in [6.07, 6.45) is 3.75. The highest BCUT2D eigenvalue weighted by Crippen LogP contribution is 2.17. The number of pyridine rings is 1. The van der Waals surface area contributed by atoms with Crippen LogP contribution in [-0.4, -0.2) is 36.1 Å². The standard InChI is InChI=1S/C14H19N3O2/c1-10-6-8-17-11(9-10)13(14(18)19-3)16-12(17)5-4-7-15-2/h6,8-9,15H,4-5,7H2,1-3H3. The molecule has 0 aromatic carbocycles. The van der Waals surface area contributed by atoms with Crippen LogP contribution >= 0.6 is 0 Å². The number of nitrogens with zero attached hydrogens (tertiary/aromatic N) is 2. The van der Waals surface area contributed by atoms with Crippen LogP contribution in [-0.2, 0) is 11.2 Å². The fourth-order valence-corrected chi connectivity index (χ4v) is 2.10. The van der Waals surface area contributed by atoms with Gasteiger partial charge >= 0.3 is 5.97 Å². The summed E-state index contributed by atoms with van der Waals surface area (Å²) in [7, 11) is 3.30. The molecule has 0 radical (unpaired) electrons. The highest BCUT2D eigenvalue weighted by Gasteiger charge is 2.17. The molecule has 0 fully saturated rings. The Morgan fingerprint density at radius 2 is 2.32 bits per heavy atom. The van der Waals surface area contributed by atoms with Crippen LogP contribution in [0.4, 0.5) is 0 Å². The Labute approximate surface area is 112 Å². The number of hydrogen-bond acceptors (Lipinski definition) is 4. The van der Waals surface area contributed by atoms with Crippen molar-refractivity contribution in [1.82, 2.24) is 14.7 Å². The minimum absolute atomic E-state index is 0.386. The van der Waals surface area contributed by atoms with Gasteiger partial charge in [-0.3, -0.25) is 0 Å². The van der Waals surface area contributed by atoms with Gasteiger partial charge in [-0.2, -0.15) is 0 Å². The molecule has 102 valence electrons. The normalized spacial score (nSPS) is 10.9. The van der Waals surface area contributed by atoms with Crippen LogP contribution < -0.4 is 5.32 Å². The maximum Gasteiger partial charge on any atom is 0.358 e. The largest absolute Gasteiger partial charge is 0.464 e. The van der Waals surface area contributed by atoms with Gasteiger partial charge < -0.3 is 14.5 Å². The summed E-state index contributed by atoms with van der Waals surface area (Å²) in [5.41, 5.74) is 2.30. The molecule has 0 unspecified atom stereocenters. The van der Waals surface area contributed by atoms with E-state index in [2.05, 4.69) is 10.3 Å². The molecule has 0 atom stereocenters.